The van der Waals surface area contributed by atoms with E-state index in [4.69, 9.17) is 10.2 Å². The molecule has 6 rings (SSSR count). The van der Waals surface area contributed by atoms with Crippen molar-refractivity contribution in [1.29, 1.82) is 0 Å². The molecule has 0 amide bonds. The Kier molecular flexibility index (Phi) is 7.25. The first-order chi connectivity index (χ1) is 20.1. The molecule has 214 valence electrons. The number of carboxylic acid groups (broad SMARTS) is 1. The molecule has 2 aromatic heterocycles. The summed E-state index contributed by atoms with van der Waals surface area (Å²) in [6, 6.07) is 18.9. The van der Waals surface area contributed by atoms with Crippen LogP contribution in [0.4, 0.5) is 4.39 Å². The van der Waals surface area contributed by atoms with Gasteiger partial charge in [0.15, 0.2) is 5.69 Å². The molecule has 0 aliphatic heterocycles. The van der Waals surface area contributed by atoms with Crippen molar-refractivity contribution in [3.63, 3.8) is 0 Å². The number of rotatable bonds is 9. The van der Waals surface area contributed by atoms with Crippen molar-refractivity contribution >= 4 is 27.3 Å². The number of nitrogens with two attached hydrogens (primary N) is 1. The lowest BCUT2D eigenvalue weighted by Gasteiger charge is -2.10. The summed E-state index contributed by atoms with van der Waals surface area (Å²) in [5.74, 6) is -1.01. The van der Waals surface area contributed by atoms with Gasteiger partial charge in [-0.05, 0) is 73.6 Å². The van der Waals surface area contributed by atoms with Gasteiger partial charge in [0.2, 0.25) is 15.2 Å². The second-order valence-corrected chi connectivity index (χ2v) is 13.0. The summed E-state index contributed by atoms with van der Waals surface area (Å²) in [5.41, 5.74) is 6.14. The molecule has 0 spiro atoms. The fourth-order valence-electron chi connectivity index (χ4n) is 4.95. The highest BCUT2D eigenvalue weighted by Crippen LogP contribution is 2.39. The summed E-state index contributed by atoms with van der Waals surface area (Å²) in [6.45, 7) is 1.97. The minimum Gasteiger partial charge on any atom is -0.476 e. The first-order valence-electron chi connectivity index (χ1n) is 13.4. The van der Waals surface area contributed by atoms with Crippen molar-refractivity contribution in [2.45, 2.75) is 37.5 Å². The number of aryl methyl sites for hydroxylation is 1. The number of halogens is 1. The number of nitrogens with zero attached hydrogens (tertiary/aromatic N) is 3. The smallest absolute Gasteiger partial charge is 0.355 e. The van der Waals surface area contributed by atoms with E-state index < -0.39 is 16.0 Å². The van der Waals surface area contributed by atoms with Crippen molar-refractivity contribution in [1.82, 2.24) is 14.8 Å². The van der Waals surface area contributed by atoms with E-state index in [0.717, 1.165) is 40.8 Å². The monoisotopic (exact) mass is 602 g/mol. The summed E-state index contributed by atoms with van der Waals surface area (Å²) in [4.78, 5) is 16.0. The fraction of sp³-hybridized carbons (Fsp3) is 0.194. The molecule has 11 heteroatoms. The molecule has 1 saturated carbocycles. The molecule has 0 saturated heterocycles. The molecular formula is C31H27FN4O4S2. The molecule has 42 heavy (non-hydrogen) atoms. The maximum absolute atomic E-state index is 15.1. The summed E-state index contributed by atoms with van der Waals surface area (Å²) in [6.07, 6.45) is 3.28. The van der Waals surface area contributed by atoms with Gasteiger partial charge < -0.3 is 5.11 Å². The largest absolute Gasteiger partial charge is 0.476 e. The van der Waals surface area contributed by atoms with E-state index in [1.165, 1.54) is 34.9 Å². The molecule has 3 N–H and O–H groups in total. The van der Waals surface area contributed by atoms with E-state index in [2.05, 4.69) is 4.98 Å². The number of carbonyl (C=O) groups is 1. The van der Waals surface area contributed by atoms with Crippen molar-refractivity contribution < 1.29 is 22.7 Å². The quantitative estimate of drug-likeness (QED) is 0.213. The predicted octanol–water partition coefficient (Wildman–Crippen LogP) is 6.00. The SMILES string of the molecule is Cc1ccc(-c2cc(-c3nn(-c4nc(C(=O)O)cs4)c(CC4CC4)c3Cc3ccc(S(N)(=O)=O)cc3)ccc2F)cc1. The number of carboxylic acids is 1. The van der Waals surface area contributed by atoms with Crippen molar-refractivity contribution in [3.8, 4) is 27.5 Å². The van der Waals surface area contributed by atoms with Crippen LogP contribution in [0.3, 0.4) is 0 Å². The Labute approximate surface area is 246 Å². The van der Waals surface area contributed by atoms with Gasteiger partial charge in [0, 0.05) is 28.5 Å². The zero-order valence-corrected chi connectivity index (χ0v) is 24.3. The van der Waals surface area contributed by atoms with Gasteiger partial charge in [0.1, 0.15) is 5.82 Å². The van der Waals surface area contributed by atoms with Crippen LogP contribution in [0.25, 0.3) is 27.5 Å². The highest BCUT2D eigenvalue weighted by molar-refractivity contribution is 7.89. The molecule has 0 unspecified atom stereocenters. The van der Waals surface area contributed by atoms with Gasteiger partial charge in [-0.15, -0.1) is 11.3 Å². The van der Waals surface area contributed by atoms with Gasteiger partial charge in [0.25, 0.3) is 0 Å². The third kappa shape index (κ3) is 5.76. The van der Waals surface area contributed by atoms with E-state index in [-0.39, 0.29) is 16.4 Å². The number of primary sulfonamides is 1. The predicted molar refractivity (Wildman–Crippen MR) is 159 cm³/mol. The number of hydrogen-bond donors (Lipinski definition) is 2. The van der Waals surface area contributed by atoms with Crippen LogP contribution in [-0.2, 0) is 22.9 Å². The van der Waals surface area contributed by atoms with E-state index in [0.29, 0.717) is 40.7 Å². The molecule has 2 heterocycles. The Bertz CT molecular complexity index is 1910. The number of aromatic carboxylic acids is 1. The third-order valence-electron chi connectivity index (χ3n) is 7.40. The van der Waals surface area contributed by atoms with Gasteiger partial charge in [-0.1, -0.05) is 42.0 Å². The zero-order chi connectivity index (χ0) is 29.6. The first-order valence-corrected chi connectivity index (χ1v) is 15.8. The summed E-state index contributed by atoms with van der Waals surface area (Å²) in [5, 5.41) is 21.7. The van der Waals surface area contributed by atoms with Gasteiger partial charge in [-0.25, -0.2) is 32.4 Å². The lowest BCUT2D eigenvalue weighted by molar-refractivity contribution is 0.0691. The van der Waals surface area contributed by atoms with Crippen LogP contribution < -0.4 is 5.14 Å². The summed E-state index contributed by atoms with van der Waals surface area (Å²) >= 11 is 1.19. The van der Waals surface area contributed by atoms with Crippen LogP contribution in [0.5, 0.6) is 0 Å². The Morgan fingerprint density at radius 3 is 2.38 bits per heavy atom. The standard InChI is InChI=1S/C31H27FN4O4S2/c1-18-2-8-21(9-3-18)24-16-22(10-13-26(24)32)29-25(14-19-6-11-23(12-7-19)42(33,39)40)28(15-20-4-5-20)36(35-29)31-34-27(17-41-31)30(37)38/h2-3,6-13,16-17,20H,4-5,14-15H2,1H3,(H,37,38)(H2,33,39,40). The molecule has 3 aromatic carbocycles. The van der Waals surface area contributed by atoms with Crippen LogP contribution in [-0.4, -0.2) is 34.3 Å². The Hall–Kier alpha value is -4.19. The zero-order valence-electron chi connectivity index (χ0n) is 22.6. The highest BCUT2D eigenvalue weighted by atomic mass is 32.2. The van der Waals surface area contributed by atoms with Gasteiger partial charge >= 0.3 is 5.97 Å². The lowest BCUT2D eigenvalue weighted by atomic mass is 9.95. The van der Waals surface area contributed by atoms with Gasteiger partial charge in [-0.2, -0.15) is 5.10 Å². The maximum atomic E-state index is 15.1. The van der Waals surface area contributed by atoms with Crippen LogP contribution in [0.1, 0.15) is 45.7 Å². The van der Waals surface area contributed by atoms with Crippen molar-refractivity contribution in [3.05, 3.63) is 106 Å². The molecule has 1 fully saturated rings. The molecule has 0 radical (unpaired) electrons. The maximum Gasteiger partial charge on any atom is 0.355 e. The summed E-state index contributed by atoms with van der Waals surface area (Å²) < 4.78 is 40.5. The second kappa shape index (κ2) is 10.9. The van der Waals surface area contributed by atoms with Gasteiger partial charge in [0.05, 0.1) is 16.3 Å². The van der Waals surface area contributed by atoms with Crippen molar-refractivity contribution in [2.75, 3.05) is 0 Å². The molecule has 1 aliphatic rings. The number of thiazole rings is 1. The van der Waals surface area contributed by atoms with Crippen LogP contribution >= 0.6 is 11.3 Å². The van der Waals surface area contributed by atoms with E-state index in [9.17, 15) is 18.3 Å². The number of hydrogen-bond acceptors (Lipinski definition) is 6. The molecule has 8 nitrogen and oxygen atoms in total. The summed E-state index contributed by atoms with van der Waals surface area (Å²) in [7, 11) is -3.84. The molecule has 0 bridgehead atoms. The number of aromatic nitrogens is 3. The topological polar surface area (TPSA) is 128 Å². The second-order valence-electron chi connectivity index (χ2n) is 10.6. The van der Waals surface area contributed by atoms with E-state index >= 15 is 4.39 Å². The molecule has 1 aliphatic carbocycles. The number of sulfonamides is 1. The fourth-order valence-corrected chi connectivity index (χ4v) is 6.24. The van der Waals surface area contributed by atoms with Gasteiger partial charge in [-0.3, -0.25) is 0 Å². The third-order valence-corrected chi connectivity index (χ3v) is 9.14. The Balaban J connectivity index is 1.52. The van der Waals surface area contributed by atoms with E-state index in [1.807, 2.05) is 31.2 Å². The average molecular weight is 603 g/mol. The molecule has 0 atom stereocenters. The van der Waals surface area contributed by atoms with Crippen LogP contribution in [0, 0.1) is 18.7 Å². The molecular weight excluding hydrogens is 575 g/mol. The van der Waals surface area contributed by atoms with Crippen LogP contribution in [0.15, 0.2) is 77.0 Å². The average Bonchev–Trinajstić information content (AvgIpc) is 3.52. The van der Waals surface area contributed by atoms with E-state index in [1.54, 1.807) is 28.9 Å². The normalized spacial score (nSPS) is 13.4. The minimum atomic E-state index is -3.84. The first kappa shape index (κ1) is 28.0. The minimum absolute atomic E-state index is 0.0191. The Morgan fingerprint density at radius 2 is 1.76 bits per heavy atom. The molecule has 5 aromatic rings. The van der Waals surface area contributed by atoms with Crippen molar-refractivity contribution in [2.24, 2.45) is 11.1 Å². The lowest BCUT2D eigenvalue weighted by Crippen LogP contribution is -2.12. The number of benzene rings is 3. The van der Waals surface area contributed by atoms with Crippen LogP contribution in [0.2, 0.25) is 0 Å². The highest BCUT2D eigenvalue weighted by Gasteiger charge is 2.29. The Morgan fingerprint density at radius 1 is 1.07 bits per heavy atom.